The molecular weight excluding hydrogens is 427 g/mol. The summed E-state index contributed by atoms with van der Waals surface area (Å²) in [7, 11) is -3.94. The van der Waals surface area contributed by atoms with Crippen LogP contribution in [0.25, 0.3) is 0 Å². The predicted molar refractivity (Wildman–Crippen MR) is 88.2 cm³/mol. The summed E-state index contributed by atoms with van der Waals surface area (Å²) in [6.45, 7) is 1.59. The van der Waals surface area contributed by atoms with Crippen LogP contribution in [-0.4, -0.2) is 8.42 Å². The van der Waals surface area contributed by atoms with Gasteiger partial charge in [-0.15, -0.1) is 0 Å². The minimum absolute atomic E-state index is 0.128. The van der Waals surface area contributed by atoms with E-state index in [9.17, 15) is 12.8 Å². The minimum atomic E-state index is -3.94. The van der Waals surface area contributed by atoms with E-state index in [0.717, 1.165) is 6.07 Å². The van der Waals surface area contributed by atoms with Crippen LogP contribution < -0.4 is 10.5 Å². The average molecular weight is 438 g/mol. The summed E-state index contributed by atoms with van der Waals surface area (Å²) in [6.07, 6.45) is 0. The van der Waals surface area contributed by atoms with Crippen molar-refractivity contribution >= 4 is 53.3 Å². The van der Waals surface area contributed by atoms with Crippen LogP contribution in [0.2, 0.25) is 0 Å². The zero-order valence-corrected chi connectivity index (χ0v) is 14.8. The Morgan fingerprint density at radius 2 is 1.86 bits per heavy atom. The lowest BCUT2D eigenvalue weighted by atomic mass is 10.2. The molecule has 0 fully saturated rings. The number of benzene rings is 2. The summed E-state index contributed by atoms with van der Waals surface area (Å²) in [5.74, 6) is -0.621. The third kappa shape index (κ3) is 3.56. The molecule has 0 atom stereocenters. The molecule has 4 nitrogen and oxygen atoms in total. The van der Waals surface area contributed by atoms with Crippen molar-refractivity contribution in [3.8, 4) is 0 Å². The van der Waals surface area contributed by atoms with Gasteiger partial charge in [-0.25, -0.2) is 12.8 Å². The largest absolute Gasteiger partial charge is 0.397 e. The SMILES string of the molecule is Cc1ccc(F)cc1S(=O)(=O)Nc1c(N)cc(Br)cc1Br. The second-order valence-corrected chi connectivity index (χ2v) is 7.79. The highest BCUT2D eigenvalue weighted by Gasteiger charge is 2.20. The fourth-order valence-corrected chi connectivity index (χ4v) is 4.61. The maximum absolute atomic E-state index is 13.3. The summed E-state index contributed by atoms with van der Waals surface area (Å²) in [6, 6.07) is 6.82. The van der Waals surface area contributed by atoms with E-state index in [1.165, 1.54) is 12.1 Å². The van der Waals surface area contributed by atoms with Crippen molar-refractivity contribution in [3.05, 3.63) is 50.7 Å². The Labute approximate surface area is 138 Å². The molecule has 0 aromatic heterocycles. The van der Waals surface area contributed by atoms with E-state index in [0.29, 0.717) is 14.5 Å². The zero-order chi connectivity index (χ0) is 15.8. The molecule has 2 aromatic rings. The molecule has 0 bridgehead atoms. The molecule has 0 saturated carbocycles. The predicted octanol–water partition coefficient (Wildman–Crippen LogP) is 4.04. The van der Waals surface area contributed by atoms with E-state index in [-0.39, 0.29) is 16.3 Å². The number of nitrogens with two attached hydrogens (primary N) is 1. The van der Waals surface area contributed by atoms with Gasteiger partial charge >= 0.3 is 0 Å². The Morgan fingerprint density at radius 3 is 2.48 bits per heavy atom. The summed E-state index contributed by atoms with van der Waals surface area (Å²) >= 11 is 6.50. The number of rotatable bonds is 3. The summed E-state index contributed by atoms with van der Waals surface area (Å²) < 4.78 is 41.7. The van der Waals surface area contributed by atoms with Crippen LogP contribution in [0.1, 0.15) is 5.56 Å². The molecular formula is C13H11Br2FN2O2S. The number of nitrogens with one attached hydrogen (secondary N) is 1. The van der Waals surface area contributed by atoms with Gasteiger partial charge in [0.15, 0.2) is 0 Å². The van der Waals surface area contributed by atoms with Gasteiger partial charge in [0, 0.05) is 8.95 Å². The third-order valence-corrected chi connectivity index (χ3v) is 5.34. The van der Waals surface area contributed by atoms with Crippen LogP contribution in [0, 0.1) is 12.7 Å². The standard InChI is InChI=1S/C13H11Br2FN2O2S/c1-7-2-3-9(16)6-12(7)21(19,20)18-13-10(15)4-8(14)5-11(13)17/h2-6,18H,17H2,1H3. The zero-order valence-electron chi connectivity index (χ0n) is 10.8. The number of hydrogen-bond acceptors (Lipinski definition) is 3. The van der Waals surface area contributed by atoms with E-state index in [2.05, 4.69) is 36.6 Å². The minimum Gasteiger partial charge on any atom is -0.397 e. The van der Waals surface area contributed by atoms with Gasteiger partial charge < -0.3 is 5.73 Å². The molecule has 3 N–H and O–H groups in total. The molecule has 0 radical (unpaired) electrons. The van der Waals surface area contributed by atoms with Gasteiger partial charge in [0.05, 0.1) is 16.3 Å². The second-order valence-electron chi connectivity index (χ2n) is 4.37. The Hall–Kier alpha value is -1.12. The van der Waals surface area contributed by atoms with E-state index in [4.69, 9.17) is 5.73 Å². The quantitative estimate of drug-likeness (QED) is 0.711. The second kappa shape index (κ2) is 5.94. The van der Waals surface area contributed by atoms with Gasteiger partial charge in [-0.3, -0.25) is 4.72 Å². The van der Waals surface area contributed by atoms with Crippen LogP contribution in [0.3, 0.4) is 0 Å². The number of aryl methyl sites for hydroxylation is 1. The van der Waals surface area contributed by atoms with Gasteiger partial charge in [0.1, 0.15) is 5.82 Å². The maximum Gasteiger partial charge on any atom is 0.262 e. The van der Waals surface area contributed by atoms with Crippen LogP contribution >= 0.6 is 31.9 Å². The Balaban J connectivity index is 2.50. The number of sulfonamides is 1. The number of hydrogen-bond donors (Lipinski definition) is 2. The van der Waals surface area contributed by atoms with Gasteiger partial charge in [-0.05, 0) is 52.7 Å². The molecule has 0 unspecified atom stereocenters. The first-order valence-electron chi connectivity index (χ1n) is 5.74. The Bertz CT molecular complexity index is 787. The lowest BCUT2D eigenvalue weighted by molar-refractivity contribution is 0.594. The third-order valence-electron chi connectivity index (χ3n) is 2.76. The molecule has 0 heterocycles. The van der Waals surface area contributed by atoms with Gasteiger partial charge in [0.2, 0.25) is 0 Å². The van der Waals surface area contributed by atoms with Gasteiger partial charge in [0.25, 0.3) is 10.0 Å². The molecule has 112 valence electrons. The topological polar surface area (TPSA) is 72.2 Å². The highest BCUT2D eigenvalue weighted by atomic mass is 79.9. The average Bonchev–Trinajstić information content (AvgIpc) is 2.36. The van der Waals surface area contributed by atoms with Crippen molar-refractivity contribution in [2.75, 3.05) is 10.5 Å². The molecule has 8 heteroatoms. The first-order valence-corrected chi connectivity index (χ1v) is 8.81. The molecule has 0 spiro atoms. The van der Waals surface area contributed by atoms with Crippen molar-refractivity contribution in [2.45, 2.75) is 11.8 Å². The summed E-state index contributed by atoms with van der Waals surface area (Å²) in [4.78, 5) is -0.128. The highest BCUT2D eigenvalue weighted by Crippen LogP contribution is 2.34. The van der Waals surface area contributed by atoms with Crippen molar-refractivity contribution < 1.29 is 12.8 Å². The smallest absolute Gasteiger partial charge is 0.262 e. The van der Waals surface area contributed by atoms with Crippen molar-refractivity contribution in [1.82, 2.24) is 0 Å². The lowest BCUT2D eigenvalue weighted by Crippen LogP contribution is -2.16. The van der Waals surface area contributed by atoms with Crippen LogP contribution in [0.5, 0.6) is 0 Å². The molecule has 0 saturated heterocycles. The Morgan fingerprint density at radius 1 is 1.19 bits per heavy atom. The summed E-state index contributed by atoms with van der Waals surface area (Å²) in [5.41, 5.74) is 6.71. The summed E-state index contributed by atoms with van der Waals surface area (Å²) in [5, 5.41) is 0. The molecule has 21 heavy (non-hydrogen) atoms. The normalized spacial score (nSPS) is 11.4. The van der Waals surface area contributed by atoms with Crippen molar-refractivity contribution in [1.29, 1.82) is 0 Å². The van der Waals surface area contributed by atoms with Crippen LogP contribution in [0.15, 0.2) is 44.2 Å². The van der Waals surface area contributed by atoms with Crippen molar-refractivity contribution in [2.24, 2.45) is 0 Å². The first-order chi connectivity index (χ1) is 9.70. The van der Waals surface area contributed by atoms with Crippen LogP contribution in [0.4, 0.5) is 15.8 Å². The monoisotopic (exact) mass is 436 g/mol. The van der Waals surface area contributed by atoms with Crippen LogP contribution in [-0.2, 0) is 10.0 Å². The van der Waals surface area contributed by atoms with E-state index < -0.39 is 15.8 Å². The number of nitrogen functional groups attached to an aromatic ring is 1. The highest BCUT2D eigenvalue weighted by molar-refractivity contribution is 9.11. The molecule has 2 rings (SSSR count). The van der Waals surface area contributed by atoms with E-state index in [1.54, 1.807) is 19.1 Å². The number of halogens is 3. The molecule has 0 aliphatic carbocycles. The van der Waals surface area contributed by atoms with E-state index in [1.807, 2.05) is 0 Å². The molecule has 0 amide bonds. The molecule has 0 aliphatic heterocycles. The maximum atomic E-state index is 13.3. The Kier molecular flexibility index (Phi) is 4.60. The fourth-order valence-electron chi connectivity index (χ4n) is 1.75. The van der Waals surface area contributed by atoms with Crippen molar-refractivity contribution in [3.63, 3.8) is 0 Å². The van der Waals surface area contributed by atoms with E-state index >= 15 is 0 Å². The van der Waals surface area contributed by atoms with Gasteiger partial charge in [-0.1, -0.05) is 22.0 Å². The fraction of sp³-hybridized carbons (Fsp3) is 0.0769. The molecule has 2 aromatic carbocycles. The first kappa shape index (κ1) is 16.3. The number of anilines is 2. The molecule has 0 aliphatic rings. The van der Waals surface area contributed by atoms with Gasteiger partial charge in [-0.2, -0.15) is 0 Å². The lowest BCUT2D eigenvalue weighted by Gasteiger charge is -2.14.